The molecule has 2 nitrogen and oxygen atoms in total. The van der Waals surface area contributed by atoms with E-state index in [-0.39, 0.29) is 0 Å². The fraction of sp³-hybridized carbons (Fsp3) is 1.00. The van der Waals surface area contributed by atoms with E-state index in [0.717, 1.165) is 18.4 Å². The van der Waals surface area contributed by atoms with E-state index in [1.165, 1.54) is 32.4 Å². The van der Waals surface area contributed by atoms with Crippen LogP contribution < -0.4 is 5.32 Å². The second-order valence-electron chi connectivity index (χ2n) is 6.94. The van der Waals surface area contributed by atoms with Crippen LogP contribution in [0.4, 0.5) is 0 Å². The van der Waals surface area contributed by atoms with Gasteiger partial charge in [-0.2, -0.15) is 0 Å². The van der Waals surface area contributed by atoms with Crippen molar-refractivity contribution >= 4 is 0 Å². The fourth-order valence-electron chi connectivity index (χ4n) is 2.49. The van der Waals surface area contributed by atoms with Gasteiger partial charge in [0.15, 0.2) is 0 Å². The number of hydrogen-bond donors (Lipinski definition) is 1. The largest absolute Gasteiger partial charge is 0.314 e. The zero-order valence-corrected chi connectivity index (χ0v) is 14.5. The van der Waals surface area contributed by atoms with E-state index in [2.05, 4.69) is 58.7 Å². The van der Waals surface area contributed by atoms with Crippen molar-refractivity contribution < 1.29 is 0 Å². The van der Waals surface area contributed by atoms with Gasteiger partial charge in [0.25, 0.3) is 0 Å². The van der Waals surface area contributed by atoms with Crippen molar-refractivity contribution in [2.75, 3.05) is 19.6 Å². The van der Waals surface area contributed by atoms with E-state index in [9.17, 15) is 0 Å². The Hall–Kier alpha value is -0.0800. The summed E-state index contributed by atoms with van der Waals surface area (Å²) in [5, 5.41) is 3.53. The quantitative estimate of drug-likeness (QED) is 0.606. The third-order valence-electron chi connectivity index (χ3n) is 3.86. The van der Waals surface area contributed by atoms with Gasteiger partial charge in [0.2, 0.25) is 0 Å². The highest BCUT2D eigenvalue weighted by Gasteiger charge is 2.16. The standard InChI is InChI=1S/C17H38N2/c1-8-18-16(6)13-17(7)19(11-9-14(2)3)12-10-15(4)5/h14-18H,8-13H2,1-7H3. The molecular weight excluding hydrogens is 232 g/mol. The zero-order chi connectivity index (χ0) is 14.8. The van der Waals surface area contributed by atoms with Crippen LogP contribution in [-0.4, -0.2) is 36.6 Å². The minimum Gasteiger partial charge on any atom is -0.314 e. The van der Waals surface area contributed by atoms with E-state index in [0.29, 0.717) is 12.1 Å². The lowest BCUT2D eigenvalue weighted by molar-refractivity contribution is 0.171. The fourth-order valence-corrected chi connectivity index (χ4v) is 2.49. The van der Waals surface area contributed by atoms with Crippen molar-refractivity contribution in [3.63, 3.8) is 0 Å². The van der Waals surface area contributed by atoms with Crippen molar-refractivity contribution in [3.8, 4) is 0 Å². The van der Waals surface area contributed by atoms with Gasteiger partial charge in [0, 0.05) is 12.1 Å². The van der Waals surface area contributed by atoms with Gasteiger partial charge in [-0.1, -0.05) is 34.6 Å². The second-order valence-corrected chi connectivity index (χ2v) is 6.94. The predicted octanol–water partition coefficient (Wildman–Crippen LogP) is 4.16. The smallest absolute Gasteiger partial charge is 0.00816 e. The lowest BCUT2D eigenvalue weighted by Gasteiger charge is -2.32. The number of nitrogens with zero attached hydrogens (tertiary/aromatic N) is 1. The zero-order valence-electron chi connectivity index (χ0n) is 14.5. The number of hydrogen-bond acceptors (Lipinski definition) is 2. The van der Waals surface area contributed by atoms with Crippen molar-refractivity contribution in [2.24, 2.45) is 11.8 Å². The molecule has 2 unspecified atom stereocenters. The van der Waals surface area contributed by atoms with E-state index < -0.39 is 0 Å². The summed E-state index contributed by atoms with van der Waals surface area (Å²) in [7, 11) is 0. The molecule has 1 N–H and O–H groups in total. The van der Waals surface area contributed by atoms with Gasteiger partial charge >= 0.3 is 0 Å². The van der Waals surface area contributed by atoms with Crippen LogP contribution in [0.25, 0.3) is 0 Å². The van der Waals surface area contributed by atoms with Crippen LogP contribution in [0, 0.1) is 11.8 Å². The molecule has 0 radical (unpaired) electrons. The highest BCUT2D eigenvalue weighted by atomic mass is 15.1. The number of nitrogens with one attached hydrogen (secondary N) is 1. The second kappa shape index (κ2) is 10.7. The molecule has 0 aromatic rings. The molecule has 0 aliphatic rings. The molecule has 0 rings (SSSR count). The predicted molar refractivity (Wildman–Crippen MR) is 87.7 cm³/mol. The summed E-state index contributed by atoms with van der Waals surface area (Å²) in [4.78, 5) is 2.70. The molecule has 0 aliphatic carbocycles. The highest BCUT2D eigenvalue weighted by Crippen LogP contribution is 2.13. The Morgan fingerprint density at radius 2 is 1.32 bits per heavy atom. The molecule has 0 saturated heterocycles. The van der Waals surface area contributed by atoms with Gasteiger partial charge in [-0.25, -0.2) is 0 Å². The van der Waals surface area contributed by atoms with Crippen LogP contribution in [0.1, 0.15) is 67.7 Å². The topological polar surface area (TPSA) is 15.3 Å². The van der Waals surface area contributed by atoms with Crippen molar-refractivity contribution in [1.82, 2.24) is 10.2 Å². The molecule has 0 aromatic carbocycles. The van der Waals surface area contributed by atoms with Crippen LogP contribution in [0.5, 0.6) is 0 Å². The molecule has 0 spiro atoms. The molecule has 116 valence electrons. The summed E-state index contributed by atoms with van der Waals surface area (Å²) in [6.45, 7) is 19.8. The summed E-state index contributed by atoms with van der Waals surface area (Å²) in [5.41, 5.74) is 0. The maximum atomic E-state index is 3.53. The third-order valence-corrected chi connectivity index (χ3v) is 3.86. The van der Waals surface area contributed by atoms with Crippen molar-refractivity contribution in [2.45, 2.75) is 79.8 Å². The van der Waals surface area contributed by atoms with Gasteiger partial charge in [-0.15, -0.1) is 0 Å². The first kappa shape index (κ1) is 18.9. The van der Waals surface area contributed by atoms with E-state index in [4.69, 9.17) is 0 Å². The van der Waals surface area contributed by atoms with Crippen molar-refractivity contribution in [1.29, 1.82) is 0 Å². The van der Waals surface area contributed by atoms with Gasteiger partial charge < -0.3 is 10.2 Å². The average molecular weight is 271 g/mol. The average Bonchev–Trinajstić information content (AvgIpc) is 2.28. The molecule has 0 amide bonds. The molecule has 0 aliphatic heterocycles. The molecular formula is C17H38N2. The van der Waals surface area contributed by atoms with Crippen LogP contribution in [-0.2, 0) is 0 Å². The normalized spacial score (nSPS) is 15.5. The minimum absolute atomic E-state index is 0.626. The highest BCUT2D eigenvalue weighted by molar-refractivity contribution is 4.74. The van der Waals surface area contributed by atoms with Gasteiger partial charge in [-0.3, -0.25) is 0 Å². The van der Waals surface area contributed by atoms with Gasteiger partial charge in [-0.05, 0) is 64.6 Å². The first-order valence-corrected chi connectivity index (χ1v) is 8.34. The van der Waals surface area contributed by atoms with Gasteiger partial charge in [0.1, 0.15) is 0 Å². The summed E-state index contributed by atoms with van der Waals surface area (Å²) in [5.74, 6) is 1.61. The van der Waals surface area contributed by atoms with E-state index >= 15 is 0 Å². The van der Waals surface area contributed by atoms with Crippen molar-refractivity contribution in [3.05, 3.63) is 0 Å². The van der Waals surface area contributed by atoms with Crippen LogP contribution in [0.2, 0.25) is 0 Å². The van der Waals surface area contributed by atoms with Crippen LogP contribution in [0.3, 0.4) is 0 Å². The Balaban J connectivity index is 4.26. The van der Waals surface area contributed by atoms with Gasteiger partial charge in [0.05, 0.1) is 0 Å². The van der Waals surface area contributed by atoms with Crippen LogP contribution in [0.15, 0.2) is 0 Å². The summed E-state index contributed by atoms with van der Waals surface area (Å²) in [6.07, 6.45) is 3.89. The number of rotatable bonds is 11. The molecule has 19 heavy (non-hydrogen) atoms. The molecule has 2 heteroatoms. The lowest BCUT2D eigenvalue weighted by atomic mass is 10.0. The first-order valence-electron chi connectivity index (χ1n) is 8.34. The molecule has 0 saturated carbocycles. The SMILES string of the molecule is CCNC(C)CC(C)N(CCC(C)C)CCC(C)C. The maximum Gasteiger partial charge on any atom is 0.00816 e. The Labute approximate surface area is 122 Å². The van der Waals surface area contributed by atoms with E-state index in [1.54, 1.807) is 0 Å². The Kier molecular flexibility index (Phi) is 10.6. The summed E-state index contributed by atoms with van der Waals surface area (Å²) in [6, 6.07) is 1.31. The monoisotopic (exact) mass is 270 g/mol. The maximum absolute atomic E-state index is 3.53. The summed E-state index contributed by atoms with van der Waals surface area (Å²) >= 11 is 0. The molecule has 0 heterocycles. The summed E-state index contributed by atoms with van der Waals surface area (Å²) < 4.78 is 0. The van der Waals surface area contributed by atoms with Crippen LogP contribution >= 0.6 is 0 Å². The Morgan fingerprint density at radius 3 is 1.68 bits per heavy atom. The lowest BCUT2D eigenvalue weighted by Crippen LogP contribution is -2.40. The Morgan fingerprint density at radius 1 is 0.842 bits per heavy atom. The molecule has 0 aromatic heterocycles. The van der Waals surface area contributed by atoms with E-state index in [1.807, 2.05) is 0 Å². The molecule has 0 bridgehead atoms. The third kappa shape index (κ3) is 10.4. The minimum atomic E-state index is 0.626. The molecule has 0 fully saturated rings. The Bertz CT molecular complexity index is 189. The molecule has 2 atom stereocenters. The first-order chi connectivity index (χ1) is 8.86.